The number of benzene rings is 2. The average Bonchev–Trinajstić information content (AvgIpc) is 3.22. The number of aryl methyl sites for hydroxylation is 1. The summed E-state index contributed by atoms with van der Waals surface area (Å²) in [7, 11) is 0. The van der Waals surface area contributed by atoms with E-state index in [-0.39, 0.29) is 11.8 Å². The van der Waals surface area contributed by atoms with Crippen LogP contribution in [0, 0.1) is 0 Å². The van der Waals surface area contributed by atoms with Gasteiger partial charge in [0.1, 0.15) is 5.82 Å². The van der Waals surface area contributed by atoms with E-state index >= 15 is 0 Å². The number of aromatic nitrogens is 3. The monoisotopic (exact) mass is 344 g/mol. The van der Waals surface area contributed by atoms with Crippen molar-refractivity contribution in [3.05, 3.63) is 65.5 Å². The molecule has 0 spiro atoms. The Bertz CT molecular complexity index is 1000. The van der Waals surface area contributed by atoms with Crippen molar-refractivity contribution in [3.8, 4) is 11.4 Å². The fourth-order valence-electron chi connectivity index (χ4n) is 3.71. The summed E-state index contributed by atoms with van der Waals surface area (Å²) in [6.45, 7) is 0.928. The van der Waals surface area contributed by atoms with Crippen LogP contribution < -0.4 is 4.90 Å². The van der Waals surface area contributed by atoms with Gasteiger partial charge in [-0.3, -0.25) is 9.59 Å². The third kappa shape index (κ3) is 2.12. The van der Waals surface area contributed by atoms with Crippen molar-refractivity contribution in [3.63, 3.8) is 0 Å². The second kappa shape index (κ2) is 5.62. The second-order valence-electron chi connectivity index (χ2n) is 6.59. The van der Waals surface area contributed by atoms with Crippen molar-refractivity contribution < 1.29 is 9.59 Å². The van der Waals surface area contributed by atoms with E-state index in [1.807, 2.05) is 12.1 Å². The molecule has 0 fully saturated rings. The maximum atomic E-state index is 12.6. The van der Waals surface area contributed by atoms with Crippen molar-refractivity contribution in [1.82, 2.24) is 14.8 Å². The summed E-state index contributed by atoms with van der Waals surface area (Å²) < 4.78 is 2.15. The van der Waals surface area contributed by atoms with Gasteiger partial charge >= 0.3 is 0 Å². The Balaban J connectivity index is 1.49. The number of hydrogen-bond acceptors (Lipinski definition) is 4. The van der Waals surface area contributed by atoms with Crippen LogP contribution in [0.15, 0.2) is 48.5 Å². The normalized spacial score (nSPS) is 15.9. The number of carbonyl (C=O) groups is 2. The fraction of sp³-hybridized carbons (Fsp3) is 0.200. The summed E-state index contributed by atoms with van der Waals surface area (Å²) >= 11 is 0. The van der Waals surface area contributed by atoms with Crippen molar-refractivity contribution >= 4 is 17.5 Å². The molecule has 2 amide bonds. The van der Waals surface area contributed by atoms with E-state index in [2.05, 4.69) is 14.8 Å². The van der Waals surface area contributed by atoms with E-state index in [0.29, 0.717) is 16.8 Å². The highest BCUT2D eigenvalue weighted by Crippen LogP contribution is 2.30. The van der Waals surface area contributed by atoms with Gasteiger partial charge in [0, 0.05) is 18.5 Å². The molecule has 2 aliphatic heterocycles. The number of imide groups is 1. The lowest BCUT2D eigenvalue weighted by atomic mass is 10.1. The van der Waals surface area contributed by atoms with Crippen molar-refractivity contribution in [2.45, 2.75) is 25.8 Å². The highest BCUT2D eigenvalue weighted by Gasteiger charge is 2.36. The molecular weight excluding hydrogens is 328 g/mol. The minimum atomic E-state index is -0.279. The van der Waals surface area contributed by atoms with Crippen LogP contribution in [0.4, 0.5) is 5.69 Å². The molecule has 0 radical (unpaired) electrons. The van der Waals surface area contributed by atoms with E-state index in [1.54, 1.807) is 36.4 Å². The second-order valence-corrected chi connectivity index (χ2v) is 6.59. The molecular formula is C20H16N4O2. The van der Waals surface area contributed by atoms with Crippen LogP contribution in [0.5, 0.6) is 0 Å². The molecule has 0 saturated heterocycles. The molecule has 6 heteroatoms. The summed E-state index contributed by atoms with van der Waals surface area (Å²) in [5.74, 6) is 1.31. The summed E-state index contributed by atoms with van der Waals surface area (Å²) in [4.78, 5) is 26.4. The Hall–Kier alpha value is -3.28. The van der Waals surface area contributed by atoms with Gasteiger partial charge in [0.2, 0.25) is 0 Å². The Labute approximate surface area is 150 Å². The van der Waals surface area contributed by atoms with Crippen molar-refractivity contribution in [2.24, 2.45) is 0 Å². The van der Waals surface area contributed by atoms with Crippen molar-refractivity contribution in [1.29, 1.82) is 0 Å². The van der Waals surface area contributed by atoms with E-state index in [1.165, 1.54) is 4.90 Å². The molecule has 1 aromatic heterocycles. The first-order valence-electron chi connectivity index (χ1n) is 8.74. The zero-order chi connectivity index (χ0) is 17.7. The zero-order valence-electron chi connectivity index (χ0n) is 14.1. The maximum absolute atomic E-state index is 12.6. The summed E-state index contributed by atoms with van der Waals surface area (Å²) in [6, 6.07) is 14.3. The lowest BCUT2D eigenvalue weighted by Crippen LogP contribution is -2.29. The van der Waals surface area contributed by atoms with Gasteiger partial charge in [-0.2, -0.15) is 0 Å². The maximum Gasteiger partial charge on any atom is 0.266 e. The largest absolute Gasteiger partial charge is 0.311 e. The van der Waals surface area contributed by atoms with Crippen LogP contribution in [-0.4, -0.2) is 26.6 Å². The van der Waals surface area contributed by atoms with Crippen LogP contribution in [0.2, 0.25) is 0 Å². The lowest BCUT2D eigenvalue weighted by Gasteiger charge is -2.16. The Kier molecular flexibility index (Phi) is 3.25. The first-order valence-corrected chi connectivity index (χ1v) is 8.74. The number of rotatable bonds is 2. The summed E-state index contributed by atoms with van der Waals surface area (Å²) in [6.07, 6.45) is 3.24. The molecule has 3 aromatic rings. The van der Waals surface area contributed by atoms with Gasteiger partial charge in [0.15, 0.2) is 5.82 Å². The number of amides is 2. The number of anilines is 1. The minimum Gasteiger partial charge on any atom is -0.311 e. The third-order valence-corrected chi connectivity index (χ3v) is 5.04. The quantitative estimate of drug-likeness (QED) is 0.670. The van der Waals surface area contributed by atoms with E-state index < -0.39 is 0 Å². The smallest absolute Gasteiger partial charge is 0.266 e. The minimum absolute atomic E-state index is 0.279. The van der Waals surface area contributed by atoms with Gasteiger partial charge in [0.25, 0.3) is 11.8 Å². The predicted octanol–water partition coefficient (Wildman–Crippen LogP) is 3.08. The van der Waals surface area contributed by atoms with E-state index in [9.17, 15) is 9.59 Å². The molecule has 6 nitrogen and oxygen atoms in total. The van der Waals surface area contributed by atoms with Crippen LogP contribution in [0.1, 0.15) is 39.4 Å². The third-order valence-electron chi connectivity index (χ3n) is 5.04. The highest BCUT2D eigenvalue weighted by molar-refractivity contribution is 6.34. The molecule has 0 atom stereocenters. The average molecular weight is 344 g/mol. The number of carbonyl (C=O) groups excluding carboxylic acids is 2. The zero-order valence-corrected chi connectivity index (χ0v) is 14.1. The Morgan fingerprint density at radius 3 is 2.19 bits per heavy atom. The van der Waals surface area contributed by atoms with Gasteiger partial charge in [-0.25, -0.2) is 4.90 Å². The van der Waals surface area contributed by atoms with E-state index in [0.717, 1.165) is 43.0 Å². The Morgan fingerprint density at radius 1 is 0.808 bits per heavy atom. The first-order chi connectivity index (χ1) is 12.7. The first kappa shape index (κ1) is 15.0. The Morgan fingerprint density at radius 2 is 1.50 bits per heavy atom. The molecule has 0 bridgehead atoms. The number of nitrogens with zero attached hydrogens (tertiary/aromatic N) is 4. The highest BCUT2D eigenvalue weighted by atomic mass is 16.2. The van der Waals surface area contributed by atoms with Crippen LogP contribution >= 0.6 is 0 Å². The molecule has 0 saturated carbocycles. The molecule has 128 valence electrons. The SMILES string of the molecule is O=C1c2ccccc2C(=O)N1c1ccc(-c2nnc3n2CCCC3)cc1. The van der Waals surface area contributed by atoms with E-state index in [4.69, 9.17) is 0 Å². The van der Waals surface area contributed by atoms with Gasteiger partial charge in [-0.05, 0) is 49.2 Å². The molecule has 0 N–H and O–H groups in total. The molecule has 2 aromatic carbocycles. The molecule has 0 aliphatic carbocycles. The number of fused-ring (bicyclic) bond motifs is 2. The molecule has 2 aliphatic rings. The topological polar surface area (TPSA) is 68.1 Å². The number of hydrogen-bond donors (Lipinski definition) is 0. The van der Waals surface area contributed by atoms with Gasteiger partial charge in [0.05, 0.1) is 16.8 Å². The summed E-state index contributed by atoms with van der Waals surface area (Å²) in [5.41, 5.74) is 2.41. The van der Waals surface area contributed by atoms with Crippen molar-refractivity contribution in [2.75, 3.05) is 4.90 Å². The van der Waals surface area contributed by atoms with Crippen LogP contribution in [0.3, 0.4) is 0 Å². The molecule has 5 rings (SSSR count). The fourth-order valence-corrected chi connectivity index (χ4v) is 3.71. The van der Waals surface area contributed by atoms with Crippen LogP contribution in [-0.2, 0) is 13.0 Å². The predicted molar refractivity (Wildman–Crippen MR) is 96.0 cm³/mol. The summed E-state index contributed by atoms with van der Waals surface area (Å²) in [5, 5.41) is 8.60. The molecule has 3 heterocycles. The van der Waals surface area contributed by atoms with Gasteiger partial charge in [-0.1, -0.05) is 12.1 Å². The van der Waals surface area contributed by atoms with Gasteiger partial charge in [-0.15, -0.1) is 10.2 Å². The molecule has 0 unspecified atom stereocenters. The van der Waals surface area contributed by atoms with Crippen LogP contribution in [0.25, 0.3) is 11.4 Å². The molecule has 26 heavy (non-hydrogen) atoms. The lowest BCUT2D eigenvalue weighted by molar-refractivity contribution is 0.0926. The van der Waals surface area contributed by atoms with Gasteiger partial charge < -0.3 is 4.57 Å². The standard InChI is InChI=1S/C20H16N4O2/c25-19-15-5-1-2-6-16(15)20(26)24(19)14-10-8-13(9-11-14)18-22-21-17-7-3-4-12-23(17)18/h1-2,5-6,8-11H,3-4,7,12H2.